The highest BCUT2D eigenvalue weighted by Gasteiger charge is 2.14. The molecule has 0 aliphatic rings. The molecule has 0 saturated heterocycles. The van der Waals surface area contributed by atoms with E-state index in [1.54, 1.807) is 18.2 Å². The zero-order valence-corrected chi connectivity index (χ0v) is 15.1. The third-order valence-corrected chi connectivity index (χ3v) is 4.81. The molecule has 0 unspecified atom stereocenters. The molecule has 0 bridgehead atoms. The maximum Gasteiger partial charge on any atom is 0.325 e. The minimum atomic E-state index is -0.847. The van der Waals surface area contributed by atoms with E-state index in [-0.39, 0.29) is 6.42 Å². The molecule has 1 aromatic heterocycles. The van der Waals surface area contributed by atoms with Crippen LogP contribution >= 0.6 is 11.3 Å². The molecular weight excluding hydrogens is 340 g/mol. The van der Waals surface area contributed by atoms with E-state index in [0.717, 1.165) is 23.4 Å². The molecule has 0 radical (unpaired) electrons. The highest BCUT2D eigenvalue weighted by Crippen LogP contribution is 2.28. The summed E-state index contributed by atoms with van der Waals surface area (Å²) < 4.78 is 0. The first-order valence-corrected chi connectivity index (χ1v) is 9.05. The summed E-state index contributed by atoms with van der Waals surface area (Å²) in [5.41, 5.74) is 1.46. The van der Waals surface area contributed by atoms with Gasteiger partial charge in [-0.2, -0.15) is 0 Å². The number of carbonyl (C=O) groups excluding carboxylic acids is 1. The van der Waals surface area contributed by atoms with Crippen LogP contribution in [0.5, 0.6) is 0 Å². The topological polar surface area (TPSA) is 104 Å². The maximum absolute atomic E-state index is 12.1. The molecule has 7 nitrogen and oxygen atoms in total. The number of aromatic nitrogens is 2. The highest BCUT2D eigenvalue weighted by atomic mass is 32.1. The predicted molar refractivity (Wildman–Crippen MR) is 98.3 cm³/mol. The van der Waals surface area contributed by atoms with Crippen LogP contribution in [-0.4, -0.2) is 27.3 Å². The number of nitrogens with zero attached hydrogens (tertiary/aromatic N) is 2. The van der Waals surface area contributed by atoms with Crippen molar-refractivity contribution in [1.29, 1.82) is 0 Å². The molecule has 0 saturated carbocycles. The van der Waals surface area contributed by atoms with Gasteiger partial charge in [0.05, 0.1) is 0 Å². The van der Waals surface area contributed by atoms with Gasteiger partial charge in [0.25, 0.3) is 0 Å². The van der Waals surface area contributed by atoms with E-state index >= 15 is 0 Å². The van der Waals surface area contributed by atoms with E-state index in [4.69, 9.17) is 5.11 Å². The number of hydrogen-bond acceptors (Lipinski definition) is 5. The number of urea groups is 1. The fourth-order valence-electron chi connectivity index (χ4n) is 2.40. The predicted octanol–water partition coefficient (Wildman–Crippen LogP) is 4.10. The second kappa shape index (κ2) is 9.12. The fourth-order valence-corrected chi connectivity index (χ4v) is 3.41. The van der Waals surface area contributed by atoms with Crippen molar-refractivity contribution in [2.75, 3.05) is 10.6 Å². The van der Waals surface area contributed by atoms with Crippen molar-refractivity contribution in [2.24, 2.45) is 0 Å². The SMILES string of the molecule is CCC(CC)c1nnc(NC(=O)Nc2cccc(CCC(=O)O)c2)s1. The lowest BCUT2D eigenvalue weighted by Gasteiger charge is -2.07. The van der Waals surface area contributed by atoms with Gasteiger partial charge in [-0.05, 0) is 37.0 Å². The van der Waals surface area contributed by atoms with Gasteiger partial charge in [-0.1, -0.05) is 37.3 Å². The first-order valence-electron chi connectivity index (χ1n) is 8.24. The minimum Gasteiger partial charge on any atom is -0.481 e. The summed E-state index contributed by atoms with van der Waals surface area (Å²) in [5, 5.41) is 23.7. The molecule has 0 spiro atoms. The molecule has 2 rings (SSSR count). The highest BCUT2D eigenvalue weighted by molar-refractivity contribution is 7.15. The first kappa shape index (κ1) is 18.9. The number of carbonyl (C=O) groups is 2. The molecule has 8 heteroatoms. The zero-order valence-electron chi connectivity index (χ0n) is 14.3. The lowest BCUT2D eigenvalue weighted by molar-refractivity contribution is -0.136. The summed E-state index contributed by atoms with van der Waals surface area (Å²) >= 11 is 1.38. The number of carboxylic acids is 1. The van der Waals surface area contributed by atoms with Gasteiger partial charge in [0, 0.05) is 18.0 Å². The zero-order chi connectivity index (χ0) is 18.2. The summed E-state index contributed by atoms with van der Waals surface area (Å²) in [6, 6.07) is 6.72. The monoisotopic (exact) mass is 362 g/mol. The molecule has 0 fully saturated rings. The van der Waals surface area contributed by atoms with Crippen molar-refractivity contribution >= 4 is 34.2 Å². The standard InChI is InChI=1S/C17H22N4O3S/c1-3-12(4-2)15-20-21-17(25-15)19-16(24)18-13-7-5-6-11(10-13)8-9-14(22)23/h5-7,10,12H,3-4,8-9H2,1-2H3,(H,22,23)(H2,18,19,21,24). The van der Waals surface area contributed by atoms with Crippen LogP contribution in [0, 0.1) is 0 Å². The van der Waals surface area contributed by atoms with Gasteiger partial charge in [-0.25, -0.2) is 4.79 Å². The van der Waals surface area contributed by atoms with Crippen LogP contribution in [0.1, 0.15) is 49.6 Å². The minimum absolute atomic E-state index is 0.0548. The summed E-state index contributed by atoms with van der Waals surface area (Å²) in [5.74, 6) is -0.484. The summed E-state index contributed by atoms with van der Waals surface area (Å²) in [6.45, 7) is 4.21. The van der Waals surface area contributed by atoms with Gasteiger partial charge < -0.3 is 10.4 Å². The number of aliphatic carboxylic acids is 1. The van der Waals surface area contributed by atoms with Gasteiger partial charge in [0.1, 0.15) is 5.01 Å². The Labute approximate surface area is 150 Å². The largest absolute Gasteiger partial charge is 0.481 e. The van der Waals surface area contributed by atoms with Gasteiger partial charge in [0.15, 0.2) is 0 Å². The number of amides is 2. The molecule has 1 heterocycles. The number of nitrogens with one attached hydrogen (secondary N) is 2. The van der Waals surface area contributed by atoms with E-state index in [0.29, 0.717) is 23.2 Å². The van der Waals surface area contributed by atoms with Crippen LogP contribution in [0.15, 0.2) is 24.3 Å². The lowest BCUT2D eigenvalue weighted by Crippen LogP contribution is -2.19. The van der Waals surface area contributed by atoms with Crippen LogP contribution in [0.4, 0.5) is 15.6 Å². The number of benzene rings is 1. The Morgan fingerprint density at radius 3 is 2.64 bits per heavy atom. The Morgan fingerprint density at radius 2 is 1.96 bits per heavy atom. The van der Waals surface area contributed by atoms with E-state index in [9.17, 15) is 9.59 Å². The molecular formula is C17H22N4O3S. The second-order valence-corrected chi connectivity index (χ2v) is 6.64. The number of rotatable bonds is 8. The quantitative estimate of drug-likeness (QED) is 0.656. The van der Waals surface area contributed by atoms with Crippen molar-refractivity contribution in [1.82, 2.24) is 10.2 Å². The van der Waals surface area contributed by atoms with E-state index in [2.05, 4.69) is 34.7 Å². The Kier molecular flexibility index (Phi) is 6.88. The van der Waals surface area contributed by atoms with Crippen LogP contribution in [0.3, 0.4) is 0 Å². The average molecular weight is 362 g/mol. The summed E-state index contributed by atoms with van der Waals surface area (Å²) in [4.78, 5) is 22.7. The lowest BCUT2D eigenvalue weighted by atomic mass is 10.1. The van der Waals surface area contributed by atoms with Crippen molar-refractivity contribution < 1.29 is 14.7 Å². The number of anilines is 2. The van der Waals surface area contributed by atoms with Gasteiger partial charge >= 0.3 is 12.0 Å². The van der Waals surface area contributed by atoms with E-state index in [1.165, 1.54) is 11.3 Å². The molecule has 134 valence electrons. The van der Waals surface area contributed by atoms with Crippen LogP contribution in [-0.2, 0) is 11.2 Å². The maximum atomic E-state index is 12.1. The molecule has 0 aliphatic carbocycles. The Hall–Kier alpha value is -2.48. The molecule has 1 aromatic carbocycles. The molecule has 0 aliphatic heterocycles. The Morgan fingerprint density at radius 1 is 1.20 bits per heavy atom. The average Bonchev–Trinajstić information content (AvgIpc) is 3.02. The van der Waals surface area contributed by atoms with Crippen molar-refractivity contribution in [3.05, 3.63) is 34.8 Å². The summed E-state index contributed by atoms with van der Waals surface area (Å²) in [6.07, 6.45) is 2.45. The van der Waals surface area contributed by atoms with Crippen molar-refractivity contribution in [3.63, 3.8) is 0 Å². The third kappa shape index (κ3) is 5.82. The van der Waals surface area contributed by atoms with Gasteiger partial charge in [-0.3, -0.25) is 10.1 Å². The molecule has 2 aromatic rings. The molecule has 3 N–H and O–H groups in total. The Bertz CT molecular complexity index is 728. The molecule has 0 atom stereocenters. The smallest absolute Gasteiger partial charge is 0.325 e. The van der Waals surface area contributed by atoms with Crippen molar-refractivity contribution in [3.8, 4) is 0 Å². The van der Waals surface area contributed by atoms with Crippen LogP contribution < -0.4 is 10.6 Å². The fraction of sp³-hybridized carbons (Fsp3) is 0.412. The normalized spacial score (nSPS) is 10.7. The first-order chi connectivity index (χ1) is 12.0. The van der Waals surface area contributed by atoms with Crippen LogP contribution in [0.25, 0.3) is 0 Å². The number of hydrogen-bond donors (Lipinski definition) is 3. The van der Waals surface area contributed by atoms with Gasteiger partial charge in [0.2, 0.25) is 5.13 Å². The van der Waals surface area contributed by atoms with E-state index < -0.39 is 12.0 Å². The second-order valence-electron chi connectivity index (χ2n) is 5.63. The molecule has 2 amide bonds. The van der Waals surface area contributed by atoms with Gasteiger partial charge in [-0.15, -0.1) is 10.2 Å². The summed E-state index contributed by atoms with van der Waals surface area (Å²) in [7, 11) is 0. The number of aryl methyl sites for hydroxylation is 1. The van der Waals surface area contributed by atoms with Crippen molar-refractivity contribution in [2.45, 2.75) is 45.4 Å². The van der Waals surface area contributed by atoms with E-state index in [1.807, 2.05) is 6.07 Å². The molecule has 25 heavy (non-hydrogen) atoms. The Balaban J connectivity index is 1.94. The third-order valence-electron chi connectivity index (χ3n) is 3.81. The number of carboxylic acid groups (broad SMARTS) is 1. The van der Waals surface area contributed by atoms with Crippen LogP contribution in [0.2, 0.25) is 0 Å².